The first-order valence-corrected chi connectivity index (χ1v) is 7.86. The molecule has 1 aromatic heterocycles. The van der Waals surface area contributed by atoms with E-state index in [-0.39, 0.29) is 30.6 Å². The van der Waals surface area contributed by atoms with Crippen LogP contribution in [0, 0.1) is 0 Å². The van der Waals surface area contributed by atoms with Crippen LogP contribution in [0.25, 0.3) is 0 Å². The third-order valence-corrected chi connectivity index (χ3v) is 3.88. The first-order chi connectivity index (χ1) is 11.7. The van der Waals surface area contributed by atoms with Crippen molar-refractivity contribution in [1.29, 1.82) is 0 Å². The van der Waals surface area contributed by atoms with Crippen LogP contribution in [0.3, 0.4) is 0 Å². The molecule has 1 fully saturated rings. The second-order valence-corrected chi connectivity index (χ2v) is 5.57. The normalized spacial score (nSPS) is 17.5. The van der Waals surface area contributed by atoms with Crippen LogP contribution in [0.5, 0.6) is 0 Å². The maximum absolute atomic E-state index is 12.4. The van der Waals surface area contributed by atoms with Gasteiger partial charge in [-0.1, -0.05) is 30.3 Å². The fraction of sp³-hybridized carbons (Fsp3) is 0.333. The molecule has 0 aliphatic carbocycles. The number of benzene rings is 1. The molecule has 1 aliphatic heterocycles. The van der Waals surface area contributed by atoms with Gasteiger partial charge in [0.25, 0.3) is 0 Å². The summed E-state index contributed by atoms with van der Waals surface area (Å²) in [6, 6.07) is 12.4. The molecule has 6 heteroatoms. The van der Waals surface area contributed by atoms with Crippen molar-refractivity contribution in [2.24, 2.45) is 0 Å². The lowest BCUT2D eigenvalue weighted by Gasteiger charge is -2.34. The van der Waals surface area contributed by atoms with Crippen molar-refractivity contribution in [2.45, 2.75) is 19.1 Å². The monoisotopic (exact) mass is 329 g/mol. The fourth-order valence-electron chi connectivity index (χ4n) is 2.62. The Hall–Kier alpha value is -2.60. The van der Waals surface area contributed by atoms with Gasteiger partial charge in [-0.2, -0.15) is 0 Å². The minimum atomic E-state index is -0.431. The van der Waals surface area contributed by atoms with Gasteiger partial charge in [0.2, 0.25) is 0 Å². The Morgan fingerprint density at radius 2 is 2.00 bits per heavy atom. The largest absolute Gasteiger partial charge is 0.461 e. The number of carbonyl (C=O) groups excluding carboxylic acids is 2. The quantitative estimate of drug-likeness (QED) is 0.789. The predicted molar refractivity (Wildman–Crippen MR) is 85.6 cm³/mol. The van der Waals surface area contributed by atoms with E-state index in [0.717, 1.165) is 5.56 Å². The van der Waals surface area contributed by atoms with Gasteiger partial charge in [0.05, 0.1) is 25.5 Å². The van der Waals surface area contributed by atoms with Crippen LogP contribution in [-0.2, 0) is 16.1 Å². The maximum atomic E-state index is 12.4. The summed E-state index contributed by atoms with van der Waals surface area (Å²) < 4.78 is 15.9. The minimum Gasteiger partial charge on any atom is -0.461 e. The van der Waals surface area contributed by atoms with E-state index >= 15 is 0 Å². The first-order valence-electron chi connectivity index (χ1n) is 7.86. The second-order valence-electron chi connectivity index (χ2n) is 5.57. The number of hydrogen-bond acceptors (Lipinski definition) is 5. The first kappa shape index (κ1) is 16.3. The van der Waals surface area contributed by atoms with Gasteiger partial charge in [0, 0.05) is 13.0 Å². The lowest BCUT2D eigenvalue weighted by molar-refractivity contribution is -0.0115. The van der Waals surface area contributed by atoms with E-state index in [1.54, 1.807) is 17.0 Å². The Morgan fingerprint density at radius 3 is 2.75 bits per heavy atom. The topological polar surface area (TPSA) is 69.0 Å². The number of furan rings is 1. The number of rotatable bonds is 5. The Kier molecular flexibility index (Phi) is 5.28. The van der Waals surface area contributed by atoms with Crippen molar-refractivity contribution >= 4 is 11.9 Å². The lowest BCUT2D eigenvalue weighted by Crippen LogP contribution is -2.49. The van der Waals surface area contributed by atoms with E-state index < -0.39 is 6.09 Å². The van der Waals surface area contributed by atoms with Crippen LogP contribution >= 0.6 is 0 Å². The minimum absolute atomic E-state index is 0.147. The molecule has 1 atom stereocenters. The summed E-state index contributed by atoms with van der Waals surface area (Å²) in [6.45, 7) is 1.36. The molecule has 2 heterocycles. The van der Waals surface area contributed by atoms with Crippen molar-refractivity contribution in [1.82, 2.24) is 4.90 Å². The van der Waals surface area contributed by atoms with Crippen molar-refractivity contribution < 1.29 is 23.5 Å². The SMILES string of the molecule is O=C(CC1COCCN1C(=O)OCc1ccccc1)c1ccco1. The predicted octanol–water partition coefficient (Wildman–Crippen LogP) is 2.89. The summed E-state index contributed by atoms with van der Waals surface area (Å²) in [5.74, 6) is 0.134. The van der Waals surface area contributed by atoms with Gasteiger partial charge in [-0.3, -0.25) is 4.79 Å². The van der Waals surface area contributed by atoms with Crippen LogP contribution in [0.1, 0.15) is 22.5 Å². The van der Waals surface area contributed by atoms with Gasteiger partial charge in [-0.25, -0.2) is 4.79 Å². The highest BCUT2D eigenvalue weighted by atomic mass is 16.6. The van der Waals surface area contributed by atoms with E-state index in [1.165, 1.54) is 6.26 Å². The van der Waals surface area contributed by atoms with Crippen molar-refractivity contribution in [3.8, 4) is 0 Å². The van der Waals surface area contributed by atoms with Gasteiger partial charge in [0.15, 0.2) is 11.5 Å². The molecule has 3 rings (SSSR count). The number of ketones is 1. The molecule has 6 nitrogen and oxygen atoms in total. The zero-order valence-electron chi connectivity index (χ0n) is 13.2. The number of Topliss-reactive ketones (excluding diaryl/α,β-unsaturated/α-hetero) is 1. The van der Waals surface area contributed by atoms with E-state index in [0.29, 0.717) is 19.8 Å². The summed E-state index contributed by atoms with van der Waals surface area (Å²) in [6.07, 6.45) is 1.17. The molecule has 1 unspecified atom stereocenters. The Labute approximate surface area is 140 Å². The van der Waals surface area contributed by atoms with Gasteiger partial charge in [-0.05, 0) is 17.7 Å². The molecule has 0 spiro atoms. The summed E-state index contributed by atoms with van der Waals surface area (Å²) in [4.78, 5) is 26.1. The van der Waals surface area contributed by atoms with Crippen LogP contribution in [0.2, 0.25) is 0 Å². The van der Waals surface area contributed by atoms with Gasteiger partial charge in [0.1, 0.15) is 6.61 Å². The zero-order chi connectivity index (χ0) is 16.8. The number of amides is 1. The van der Waals surface area contributed by atoms with E-state index in [1.807, 2.05) is 30.3 Å². The number of morpholine rings is 1. The average molecular weight is 329 g/mol. The standard InChI is InChI=1S/C18H19NO5/c20-16(17-7-4-9-23-17)11-15-13-22-10-8-19(15)18(21)24-12-14-5-2-1-3-6-14/h1-7,9,15H,8,10-13H2. The Morgan fingerprint density at radius 1 is 1.17 bits per heavy atom. The molecular formula is C18H19NO5. The molecule has 0 N–H and O–H groups in total. The van der Waals surface area contributed by atoms with Crippen LogP contribution in [0.4, 0.5) is 4.79 Å². The van der Waals surface area contributed by atoms with Crippen LogP contribution in [-0.4, -0.2) is 42.6 Å². The maximum Gasteiger partial charge on any atom is 0.410 e. The van der Waals surface area contributed by atoms with Gasteiger partial charge >= 0.3 is 6.09 Å². The molecule has 0 radical (unpaired) electrons. The van der Waals surface area contributed by atoms with Crippen molar-refractivity contribution in [2.75, 3.05) is 19.8 Å². The van der Waals surface area contributed by atoms with Crippen molar-refractivity contribution in [3.63, 3.8) is 0 Å². The fourth-order valence-corrected chi connectivity index (χ4v) is 2.62. The molecule has 2 aromatic rings. The summed E-state index contributed by atoms with van der Waals surface area (Å²) in [5.41, 5.74) is 0.919. The summed E-state index contributed by atoms with van der Waals surface area (Å²) in [7, 11) is 0. The van der Waals surface area contributed by atoms with E-state index in [9.17, 15) is 9.59 Å². The van der Waals surface area contributed by atoms with E-state index in [2.05, 4.69) is 0 Å². The molecule has 1 saturated heterocycles. The number of hydrogen-bond donors (Lipinski definition) is 0. The van der Waals surface area contributed by atoms with Crippen molar-refractivity contribution in [3.05, 3.63) is 60.1 Å². The second kappa shape index (κ2) is 7.79. The highest BCUT2D eigenvalue weighted by Crippen LogP contribution is 2.16. The Balaban J connectivity index is 1.59. The smallest absolute Gasteiger partial charge is 0.410 e. The molecule has 0 bridgehead atoms. The highest BCUT2D eigenvalue weighted by molar-refractivity contribution is 5.94. The molecular weight excluding hydrogens is 310 g/mol. The number of carbonyl (C=O) groups is 2. The third kappa shape index (κ3) is 4.02. The summed E-state index contributed by atoms with van der Waals surface area (Å²) in [5, 5.41) is 0. The van der Waals surface area contributed by atoms with Crippen LogP contribution < -0.4 is 0 Å². The average Bonchev–Trinajstić information content (AvgIpc) is 3.16. The molecule has 126 valence electrons. The molecule has 1 aliphatic rings. The van der Waals surface area contributed by atoms with Gasteiger partial charge in [-0.15, -0.1) is 0 Å². The lowest BCUT2D eigenvalue weighted by atomic mass is 10.1. The molecule has 1 aromatic carbocycles. The zero-order valence-corrected chi connectivity index (χ0v) is 13.2. The number of ether oxygens (including phenoxy) is 2. The Bertz CT molecular complexity index is 668. The highest BCUT2D eigenvalue weighted by Gasteiger charge is 2.31. The van der Waals surface area contributed by atoms with Crippen LogP contribution in [0.15, 0.2) is 53.1 Å². The number of nitrogens with zero attached hydrogens (tertiary/aromatic N) is 1. The molecule has 0 saturated carbocycles. The molecule has 24 heavy (non-hydrogen) atoms. The van der Waals surface area contributed by atoms with E-state index in [4.69, 9.17) is 13.9 Å². The van der Waals surface area contributed by atoms with Gasteiger partial charge < -0.3 is 18.8 Å². The molecule has 1 amide bonds. The third-order valence-electron chi connectivity index (χ3n) is 3.88. The summed E-state index contributed by atoms with van der Waals surface area (Å²) >= 11 is 0.